The van der Waals surface area contributed by atoms with Crippen LogP contribution in [0, 0.1) is 0 Å². The van der Waals surface area contributed by atoms with Crippen molar-refractivity contribution < 1.29 is 19.8 Å². The Bertz CT molecular complexity index is 302. The number of hydrogen-bond acceptors (Lipinski definition) is 3. The molecule has 0 aromatic rings. The fraction of sp³-hybridized carbons (Fsp3) is 0.636. The molecule has 0 aliphatic rings. The maximum absolute atomic E-state index is 11.7. The molecule has 3 N–H and O–H groups in total. The maximum Gasteiger partial charge on any atom is 0.328 e. The molecule has 2 amide bonds. The van der Waals surface area contributed by atoms with Crippen LogP contribution in [0.2, 0.25) is 0 Å². The van der Waals surface area contributed by atoms with Gasteiger partial charge in [0.15, 0.2) is 6.04 Å². The molecule has 0 aromatic heterocycles. The number of nitrogens with zero attached hydrogens (tertiary/aromatic N) is 1. The average molecular weight is 244 g/mol. The summed E-state index contributed by atoms with van der Waals surface area (Å²) >= 11 is 0. The molecule has 0 heterocycles. The summed E-state index contributed by atoms with van der Waals surface area (Å²) in [5, 5.41) is 20.3. The third-order valence-electron chi connectivity index (χ3n) is 2.16. The fourth-order valence-corrected chi connectivity index (χ4v) is 1.27. The Morgan fingerprint density at radius 2 is 2.00 bits per heavy atom. The van der Waals surface area contributed by atoms with Crippen molar-refractivity contribution in [1.29, 1.82) is 0 Å². The number of carbonyl (C=O) groups excluding carboxylic acids is 1. The minimum atomic E-state index is -1.30. The first kappa shape index (κ1) is 15.4. The number of urea groups is 1. The number of aliphatic hydroxyl groups is 1. The van der Waals surface area contributed by atoms with Crippen molar-refractivity contribution in [2.45, 2.75) is 32.9 Å². The quantitative estimate of drug-likeness (QED) is 0.591. The van der Waals surface area contributed by atoms with Crippen LogP contribution in [0.15, 0.2) is 12.2 Å². The van der Waals surface area contributed by atoms with Gasteiger partial charge in [0.25, 0.3) is 0 Å². The van der Waals surface area contributed by atoms with Gasteiger partial charge < -0.3 is 20.4 Å². The highest BCUT2D eigenvalue weighted by Gasteiger charge is 2.26. The molecule has 2 atom stereocenters. The number of likely N-dealkylation sites (N-methyl/N-ethyl adjacent to an activating group) is 1. The van der Waals surface area contributed by atoms with Crippen LogP contribution in [-0.4, -0.2) is 52.3 Å². The molecule has 0 fully saturated rings. The molecule has 0 spiro atoms. The van der Waals surface area contributed by atoms with Crippen LogP contribution in [0.25, 0.3) is 0 Å². The predicted octanol–water partition coefficient (Wildman–Crippen LogP) is 0.428. The number of nitrogens with one attached hydrogen (secondary N) is 1. The summed E-state index contributed by atoms with van der Waals surface area (Å²) in [4.78, 5) is 23.9. The number of hydrogen-bond donors (Lipinski definition) is 3. The van der Waals surface area contributed by atoms with E-state index in [0.717, 1.165) is 5.57 Å². The summed E-state index contributed by atoms with van der Waals surface area (Å²) in [6.45, 7) is 9.35. The molecular weight excluding hydrogens is 224 g/mol. The molecule has 6 heteroatoms. The molecule has 98 valence electrons. The van der Waals surface area contributed by atoms with Crippen LogP contribution in [0.3, 0.4) is 0 Å². The molecule has 0 rings (SSSR count). The van der Waals surface area contributed by atoms with Gasteiger partial charge in [-0.25, -0.2) is 9.59 Å². The second-order valence-corrected chi connectivity index (χ2v) is 3.98. The van der Waals surface area contributed by atoms with E-state index in [-0.39, 0.29) is 0 Å². The first-order chi connectivity index (χ1) is 7.79. The van der Waals surface area contributed by atoms with Crippen LogP contribution < -0.4 is 5.32 Å². The lowest BCUT2D eigenvalue weighted by Crippen LogP contribution is -2.52. The number of aliphatic carboxylic acids is 1. The number of aliphatic hydroxyl groups excluding tert-OH is 1. The summed E-state index contributed by atoms with van der Waals surface area (Å²) in [5.41, 5.74) is 0.797. The SMILES string of the molecule is C=C(C)CN(CC)C(=O)N[C@H](C(=O)O)[C@@H](C)O. The van der Waals surface area contributed by atoms with E-state index in [1.54, 1.807) is 13.8 Å². The van der Waals surface area contributed by atoms with Gasteiger partial charge in [0, 0.05) is 13.1 Å². The van der Waals surface area contributed by atoms with Gasteiger partial charge in [0.1, 0.15) is 0 Å². The Morgan fingerprint density at radius 1 is 1.47 bits per heavy atom. The summed E-state index contributed by atoms with van der Waals surface area (Å²) in [6, 6.07) is -1.83. The van der Waals surface area contributed by atoms with Crippen molar-refractivity contribution in [3.8, 4) is 0 Å². The monoisotopic (exact) mass is 244 g/mol. The molecule has 0 unspecified atom stereocenters. The molecule has 0 bridgehead atoms. The maximum atomic E-state index is 11.7. The van der Waals surface area contributed by atoms with Gasteiger partial charge in [-0.2, -0.15) is 0 Å². The zero-order valence-corrected chi connectivity index (χ0v) is 10.4. The topological polar surface area (TPSA) is 89.9 Å². The third kappa shape index (κ3) is 5.35. The van der Waals surface area contributed by atoms with Gasteiger partial charge in [-0.15, -0.1) is 0 Å². The third-order valence-corrected chi connectivity index (χ3v) is 2.16. The Labute approximate surface area is 101 Å². The highest BCUT2D eigenvalue weighted by atomic mass is 16.4. The summed E-state index contributed by atoms with van der Waals surface area (Å²) in [6.07, 6.45) is -1.15. The van der Waals surface area contributed by atoms with Crippen molar-refractivity contribution in [3.63, 3.8) is 0 Å². The molecule has 0 aromatic carbocycles. The summed E-state index contributed by atoms with van der Waals surface area (Å²) in [7, 11) is 0. The molecule has 0 saturated carbocycles. The predicted molar refractivity (Wildman–Crippen MR) is 63.7 cm³/mol. The zero-order chi connectivity index (χ0) is 13.6. The van der Waals surface area contributed by atoms with E-state index in [0.29, 0.717) is 13.1 Å². The summed E-state index contributed by atoms with van der Waals surface area (Å²) in [5.74, 6) is -1.26. The largest absolute Gasteiger partial charge is 0.480 e. The highest BCUT2D eigenvalue weighted by Crippen LogP contribution is 1.99. The van der Waals surface area contributed by atoms with Crippen LogP contribution in [-0.2, 0) is 4.79 Å². The number of carboxylic acid groups (broad SMARTS) is 1. The van der Waals surface area contributed by atoms with Crippen molar-refractivity contribution in [2.75, 3.05) is 13.1 Å². The lowest BCUT2D eigenvalue weighted by Gasteiger charge is -2.25. The van der Waals surface area contributed by atoms with Crippen LogP contribution in [0.5, 0.6) is 0 Å². The van der Waals surface area contributed by atoms with Gasteiger partial charge >= 0.3 is 12.0 Å². The minimum absolute atomic E-state index is 0.356. The number of carbonyl (C=O) groups is 2. The number of rotatable bonds is 6. The Balaban J connectivity index is 4.57. The van der Waals surface area contributed by atoms with E-state index in [2.05, 4.69) is 11.9 Å². The lowest BCUT2D eigenvalue weighted by molar-refractivity contribution is -0.141. The normalized spacial score (nSPS) is 13.6. The first-order valence-electron chi connectivity index (χ1n) is 5.40. The molecule has 6 nitrogen and oxygen atoms in total. The van der Waals surface area contributed by atoms with Crippen LogP contribution in [0.1, 0.15) is 20.8 Å². The molecule has 17 heavy (non-hydrogen) atoms. The lowest BCUT2D eigenvalue weighted by atomic mass is 10.2. The molecule has 0 saturated heterocycles. The van der Waals surface area contributed by atoms with E-state index >= 15 is 0 Å². The molecule has 0 aliphatic heterocycles. The van der Waals surface area contributed by atoms with Crippen molar-refractivity contribution >= 4 is 12.0 Å². The number of amides is 2. The van der Waals surface area contributed by atoms with Crippen molar-refractivity contribution in [3.05, 3.63) is 12.2 Å². The second kappa shape index (κ2) is 6.90. The minimum Gasteiger partial charge on any atom is -0.480 e. The molecular formula is C11H20N2O4. The first-order valence-corrected chi connectivity index (χ1v) is 5.40. The molecule has 0 radical (unpaired) electrons. The summed E-state index contributed by atoms with van der Waals surface area (Å²) < 4.78 is 0. The fourth-order valence-electron chi connectivity index (χ4n) is 1.27. The standard InChI is InChI=1S/C11H20N2O4/c1-5-13(6-7(2)3)11(17)12-9(8(4)14)10(15)16/h8-9,14H,2,5-6H2,1,3-4H3,(H,12,17)(H,15,16)/t8-,9+/m1/s1. The van der Waals surface area contributed by atoms with Crippen molar-refractivity contribution in [1.82, 2.24) is 10.2 Å². The second-order valence-electron chi connectivity index (χ2n) is 3.98. The Morgan fingerprint density at radius 3 is 2.29 bits per heavy atom. The van der Waals surface area contributed by atoms with E-state index in [1.807, 2.05) is 0 Å². The number of carboxylic acids is 1. The van der Waals surface area contributed by atoms with E-state index in [4.69, 9.17) is 5.11 Å². The van der Waals surface area contributed by atoms with E-state index in [9.17, 15) is 14.7 Å². The van der Waals surface area contributed by atoms with Crippen LogP contribution >= 0.6 is 0 Å². The van der Waals surface area contributed by atoms with Gasteiger partial charge in [0.05, 0.1) is 6.10 Å². The Hall–Kier alpha value is -1.56. The zero-order valence-electron chi connectivity index (χ0n) is 10.4. The average Bonchev–Trinajstić information content (AvgIpc) is 2.20. The van der Waals surface area contributed by atoms with Gasteiger partial charge in [-0.05, 0) is 20.8 Å². The van der Waals surface area contributed by atoms with Gasteiger partial charge in [0.2, 0.25) is 0 Å². The van der Waals surface area contributed by atoms with E-state index in [1.165, 1.54) is 11.8 Å². The smallest absolute Gasteiger partial charge is 0.328 e. The Kier molecular flexibility index (Phi) is 6.27. The highest BCUT2D eigenvalue weighted by molar-refractivity contribution is 5.83. The van der Waals surface area contributed by atoms with Crippen molar-refractivity contribution in [2.24, 2.45) is 0 Å². The van der Waals surface area contributed by atoms with Crippen LogP contribution in [0.4, 0.5) is 4.79 Å². The van der Waals surface area contributed by atoms with Gasteiger partial charge in [-0.1, -0.05) is 12.2 Å². The van der Waals surface area contributed by atoms with E-state index < -0.39 is 24.1 Å². The van der Waals surface area contributed by atoms with Gasteiger partial charge in [-0.3, -0.25) is 0 Å². The molecule has 0 aliphatic carbocycles.